The van der Waals surface area contributed by atoms with Gasteiger partial charge in [0.05, 0.1) is 0 Å². The van der Waals surface area contributed by atoms with Gasteiger partial charge < -0.3 is 4.74 Å². The lowest BCUT2D eigenvalue weighted by Gasteiger charge is -1.86. The average Bonchev–Trinajstić information content (AvgIpc) is 1.71. The van der Waals surface area contributed by atoms with Crippen LogP contribution in [-0.2, 0) is 4.74 Å². The van der Waals surface area contributed by atoms with E-state index in [0.29, 0.717) is 0 Å². The van der Waals surface area contributed by atoms with Crippen LogP contribution in [-0.4, -0.2) is 13.2 Å². The summed E-state index contributed by atoms with van der Waals surface area (Å²) in [6.07, 6.45) is 0. The molecule has 48 valence electrons. The Morgan fingerprint density at radius 2 is 1.50 bits per heavy atom. The molecule has 0 N–H and O–H groups in total. The van der Waals surface area contributed by atoms with Crippen molar-refractivity contribution in [3.63, 3.8) is 0 Å². The first kappa shape index (κ1) is 10.5. The zero-order valence-corrected chi connectivity index (χ0v) is 5.74. The Bertz CT molecular complexity index is 49.4. The minimum atomic E-state index is 0.844. The number of hydrogen-bond acceptors (Lipinski definition) is 1. The van der Waals surface area contributed by atoms with E-state index in [0.717, 1.165) is 13.2 Å². The van der Waals surface area contributed by atoms with Crippen molar-refractivity contribution in [1.82, 2.24) is 0 Å². The van der Waals surface area contributed by atoms with Gasteiger partial charge in [0.2, 0.25) is 0 Å². The van der Waals surface area contributed by atoms with E-state index in [2.05, 4.69) is 18.9 Å². The summed E-state index contributed by atoms with van der Waals surface area (Å²) in [7, 11) is 0. The molecule has 0 fully saturated rings. The summed E-state index contributed by atoms with van der Waals surface area (Å²) in [6, 6.07) is 0. The Hall–Kier alpha value is -0.520. The minimum Gasteiger partial charge on any atom is -0.382 e. The molecule has 0 aromatic heterocycles. The molecular formula is C7H14O. The molecule has 0 spiro atoms. The molecule has 0 aromatic rings. The van der Waals surface area contributed by atoms with Crippen molar-refractivity contribution >= 4 is 0 Å². The molecule has 0 amide bonds. The molecule has 0 aliphatic carbocycles. The monoisotopic (exact) mass is 114 g/mol. The van der Waals surface area contributed by atoms with Crippen molar-refractivity contribution < 1.29 is 4.74 Å². The summed E-state index contributed by atoms with van der Waals surface area (Å²) >= 11 is 0. The van der Waals surface area contributed by atoms with Crippen LogP contribution in [0.5, 0.6) is 0 Å². The van der Waals surface area contributed by atoms with Crippen LogP contribution in [0, 0.1) is 0 Å². The van der Waals surface area contributed by atoms with Gasteiger partial charge in [-0.05, 0) is 13.8 Å². The molecule has 0 atom stereocenters. The standard InChI is InChI=1S/C4H10O.C3H4/c1-3-5-4-2;1-3-2/h3-4H2,1-2H3;1-2H2. The molecular weight excluding hydrogens is 100 g/mol. The van der Waals surface area contributed by atoms with Crippen LogP contribution < -0.4 is 0 Å². The number of hydrogen-bond donors (Lipinski definition) is 0. The van der Waals surface area contributed by atoms with Crippen LogP contribution in [0.15, 0.2) is 18.9 Å². The highest BCUT2D eigenvalue weighted by molar-refractivity contribution is 4.51. The third-order valence-electron chi connectivity index (χ3n) is 0.408. The Labute approximate surface area is 51.7 Å². The Morgan fingerprint density at radius 1 is 1.25 bits per heavy atom. The van der Waals surface area contributed by atoms with Crippen LogP contribution in [0.1, 0.15) is 13.8 Å². The zero-order chi connectivity index (χ0) is 6.83. The molecule has 0 heterocycles. The predicted octanol–water partition coefficient (Wildman–Crippen LogP) is 2.00. The topological polar surface area (TPSA) is 9.23 Å². The van der Waals surface area contributed by atoms with Gasteiger partial charge >= 0.3 is 0 Å². The first-order chi connectivity index (χ1) is 3.83. The normalized spacial score (nSPS) is 6.25. The van der Waals surface area contributed by atoms with Gasteiger partial charge in [-0.25, -0.2) is 0 Å². The van der Waals surface area contributed by atoms with Gasteiger partial charge in [0.15, 0.2) is 0 Å². The third-order valence-corrected chi connectivity index (χ3v) is 0.408. The van der Waals surface area contributed by atoms with E-state index in [-0.39, 0.29) is 0 Å². The molecule has 1 heteroatoms. The smallest absolute Gasteiger partial charge is 0.0437 e. The Balaban J connectivity index is 0. The summed E-state index contributed by atoms with van der Waals surface area (Å²) in [5.41, 5.74) is 2.25. The van der Waals surface area contributed by atoms with Gasteiger partial charge in [-0.3, -0.25) is 0 Å². The SMILES string of the molecule is C=C=C.CCOCC. The maximum atomic E-state index is 4.83. The first-order valence-corrected chi connectivity index (χ1v) is 2.70. The molecule has 0 aromatic carbocycles. The van der Waals surface area contributed by atoms with Crippen molar-refractivity contribution in [3.8, 4) is 0 Å². The summed E-state index contributed by atoms with van der Waals surface area (Å²) in [4.78, 5) is 0. The highest BCUT2D eigenvalue weighted by atomic mass is 16.5. The van der Waals surface area contributed by atoms with Crippen LogP contribution >= 0.6 is 0 Å². The Kier molecular flexibility index (Phi) is 21.0. The van der Waals surface area contributed by atoms with E-state index < -0.39 is 0 Å². The zero-order valence-electron chi connectivity index (χ0n) is 5.74. The lowest BCUT2D eigenvalue weighted by atomic mass is 10.8. The maximum Gasteiger partial charge on any atom is 0.0437 e. The summed E-state index contributed by atoms with van der Waals surface area (Å²) < 4.78 is 4.83. The molecule has 0 aliphatic heterocycles. The van der Waals surface area contributed by atoms with Crippen LogP contribution in [0.2, 0.25) is 0 Å². The molecule has 0 unspecified atom stereocenters. The van der Waals surface area contributed by atoms with Gasteiger partial charge in [-0.15, -0.1) is 5.73 Å². The van der Waals surface area contributed by atoms with E-state index in [1.807, 2.05) is 13.8 Å². The molecule has 0 saturated carbocycles. The average molecular weight is 114 g/mol. The molecule has 0 radical (unpaired) electrons. The molecule has 0 rings (SSSR count). The van der Waals surface area contributed by atoms with E-state index in [1.165, 1.54) is 0 Å². The Morgan fingerprint density at radius 3 is 1.50 bits per heavy atom. The van der Waals surface area contributed by atoms with Gasteiger partial charge in [0.25, 0.3) is 0 Å². The van der Waals surface area contributed by atoms with Crippen molar-refractivity contribution in [2.75, 3.05) is 13.2 Å². The molecule has 0 bridgehead atoms. The van der Waals surface area contributed by atoms with Gasteiger partial charge in [0.1, 0.15) is 0 Å². The lowest BCUT2D eigenvalue weighted by Crippen LogP contribution is -1.84. The van der Waals surface area contributed by atoms with Crippen molar-refractivity contribution in [3.05, 3.63) is 18.9 Å². The number of ether oxygens (including phenoxy) is 1. The highest BCUT2D eigenvalue weighted by Crippen LogP contribution is 1.64. The highest BCUT2D eigenvalue weighted by Gasteiger charge is 1.64. The van der Waals surface area contributed by atoms with Gasteiger partial charge in [0, 0.05) is 13.2 Å². The maximum absolute atomic E-state index is 4.83. The molecule has 0 saturated heterocycles. The lowest BCUT2D eigenvalue weighted by molar-refractivity contribution is 0.162. The van der Waals surface area contributed by atoms with Crippen molar-refractivity contribution in [2.45, 2.75) is 13.8 Å². The third kappa shape index (κ3) is 50.2. The largest absolute Gasteiger partial charge is 0.382 e. The second-order valence-corrected chi connectivity index (χ2v) is 1.03. The van der Waals surface area contributed by atoms with Gasteiger partial charge in [-0.2, -0.15) is 0 Å². The summed E-state index contributed by atoms with van der Waals surface area (Å²) in [5, 5.41) is 0. The van der Waals surface area contributed by atoms with E-state index in [9.17, 15) is 0 Å². The second kappa shape index (κ2) is 16.1. The second-order valence-electron chi connectivity index (χ2n) is 1.03. The van der Waals surface area contributed by atoms with E-state index in [4.69, 9.17) is 4.74 Å². The summed E-state index contributed by atoms with van der Waals surface area (Å²) in [6.45, 7) is 11.9. The van der Waals surface area contributed by atoms with E-state index in [1.54, 1.807) is 0 Å². The van der Waals surface area contributed by atoms with Crippen LogP contribution in [0.3, 0.4) is 0 Å². The quantitative estimate of drug-likeness (QED) is 0.499. The fraction of sp³-hybridized carbons (Fsp3) is 0.571. The first-order valence-electron chi connectivity index (χ1n) is 2.70. The van der Waals surface area contributed by atoms with E-state index >= 15 is 0 Å². The fourth-order valence-electron chi connectivity index (χ4n) is 0.204. The molecule has 0 aliphatic rings. The minimum absolute atomic E-state index is 0.844. The fourth-order valence-corrected chi connectivity index (χ4v) is 0.204. The van der Waals surface area contributed by atoms with Gasteiger partial charge in [-0.1, -0.05) is 13.2 Å². The van der Waals surface area contributed by atoms with Crippen LogP contribution in [0.25, 0.3) is 0 Å². The van der Waals surface area contributed by atoms with Crippen molar-refractivity contribution in [2.24, 2.45) is 0 Å². The van der Waals surface area contributed by atoms with Crippen molar-refractivity contribution in [1.29, 1.82) is 0 Å². The molecule has 8 heavy (non-hydrogen) atoms. The predicted molar refractivity (Wildman–Crippen MR) is 36.9 cm³/mol. The summed E-state index contributed by atoms with van der Waals surface area (Å²) in [5.74, 6) is 0. The number of rotatable bonds is 2. The van der Waals surface area contributed by atoms with Crippen LogP contribution in [0.4, 0.5) is 0 Å². The molecule has 1 nitrogen and oxygen atoms in total.